The Balaban J connectivity index is 1.41. The number of halogens is 1. The molecule has 0 atom stereocenters. The average molecular weight is 514 g/mol. The summed E-state index contributed by atoms with van der Waals surface area (Å²) in [5.74, 6) is 0.899. The van der Waals surface area contributed by atoms with Crippen molar-refractivity contribution >= 4 is 65.8 Å². The molecular formula is C21H20BrN7O2S. The molecule has 11 heteroatoms. The molecule has 2 aromatic carbocycles. The standard InChI is InChI=1S/C21H20BrN7O2S/c1-32(30,31)28-17-5-3-2-4-16(17)26-20-15(22)11-23-21(27-20)25-13-6-9-18-19(10-13)29(12-24-18)14-7-8-14/h2-6,9-12,14,28H,7-8H2,1H3,(H2,23,25,26,27). The zero-order chi connectivity index (χ0) is 22.3. The molecule has 0 radical (unpaired) electrons. The molecule has 2 heterocycles. The third kappa shape index (κ3) is 4.53. The van der Waals surface area contributed by atoms with Crippen LogP contribution in [-0.2, 0) is 10.0 Å². The normalized spacial score (nSPS) is 13.8. The first-order valence-electron chi connectivity index (χ1n) is 9.96. The number of nitrogens with one attached hydrogen (secondary N) is 3. The van der Waals surface area contributed by atoms with E-state index in [-0.39, 0.29) is 0 Å². The molecule has 0 saturated heterocycles. The van der Waals surface area contributed by atoms with Crippen molar-refractivity contribution in [3.8, 4) is 0 Å². The molecule has 0 amide bonds. The highest BCUT2D eigenvalue weighted by Gasteiger charge is 2.25. The van der Waals surface area contributed by atoms with Gasteiger partial charge in [0.25, 0.3) is 0 Å². The number of sulfonamides is 1. The van der Waals surface area contributed by atoms with E-state index in [1.807, 2.05) is 30.6 Å². The van der Waals surface area contributed by atoms with Crippen molar-refractivity contribution in [2.45, 2.75) is 18.9 Å². The van der Waals surface area contributed by atoms with Crippen LogP contribution in [0.2, 0.25) is 0 Å². The number of benzene rings is 2. The van der Waals surface area contributed by atoms with Crippen molar-refractivity contribution in [1.29, 1.82) is 0 Å². The highest BCUT2D eigenvalue weighted by molar-refractivity contribution is 9.10. The zero-order valence-electron chi connectivity index (χ0n) is 17.1. The number of para-hydroxylation sites is 2. The van der Waals surface area contributed by atoms with Gasteiger partial charge in [0.05, 0.1) is 39.5 Å². The van der Waals surface area contributed by atoms with Crippen LogP contribution >= 0.6 is 15.9 Å². The predicted octanol–water partition coefficient (Wildman–Crippen LogP) is 4.78. The lowest BCUT2D eigenvalue weighted by Gasteiger charge is -2.14. The van der Waals surface area contributed by atoms with Crippen LogP contribution < -0.4 is 15.4 Å². The van der Waals surface area contributed by atoms with Gasteiger partial charge in [-0.2, -0.15) is 4.98 Å². The van der Waals surface area contributed by atoms with Gasteiger partial charge in [-0.3, -0.25) is 4.72 Å². The van der Waals surface area contributed by atoms with Crippen LogP contribution in [0.1, 0.15) is 18.9 Å². The number of hydrogen-bond acceptors (Lipinski definition) is 7. The summed E-state index contributed by atoms with van der Waals surface area (Å²) in [5, 5.41) is 6.41. The first-order chi connectivity index (χ1) is 15.4. The second-order valence-corrected chi connectivity index (χ2v) is 10.2. The summed E-state index contributed by atoms with van der Waals surface area (Å²) in [5.41, 5.74) is 3.88. The number of anilines is 5. The van der Waals surface area contributed by atoms with Gasteiger partial charge in [0.15, 0.2) is 0 Å². The van der Waals surface area contributed by atoms with Crippen LogP contribution in [0.3, 0.4) is 0 Å². The smallest absolute Gasteiger partial charge is 0.229 e. The van der Waals surface area contributed by atoms with E-state index in [0.717, 1.165) is 23.0 Å². The molecule has 1 aliphatic carbocycles. The molecule has 9 nitrogen and oxygen atoms in total. The molecule has 0 unspecified atom stereocenters. The van der Waals surface area contributed by atoms with Gasteiger partial charge >= 0.3 is 0 Å². The highest BCUT2D eigenvalue weighted by Crippen LogP contribution is 2.37. The van der Waals surface area contributed by atoms with Crippen LogP contribution in [-0.4, -0.2) is 34.2 Å². The third-order valence-electron chi connectivity index (χ3n) is 4.99. The van der Waals surface area contributed by atoms with Crippen molar-refractivity contribution < 1.29 is 8.42 Å². The molecule has 1 fully saturated rings. The van der Waals surface area contributed by atoms with Crippen LogP contribution in [0, 0.1) is 0 Å². The van der Waals surface area contributed by atoms with E-state index in [4.69, 9.17) is 0 Å². The van der Waals surface area contributed by atoms with E-state index in [2.05, 4.69) is 50.8 Å². The highest BCUT2D eigenvalue weighted by atomic mass is 79.9. The van der Waals surface area contributed by atoms with Crippen LogP contribution in [0.25, 0.3) is 11.0 Å². The Morgan fingerprint density at radius 2 is 1.84 bits per heavy atom. The summed E-state index contributed by atoms with van der Waals surface area (Å²) in [6, 6.07) is 13.5. The zero-order valence-corrected chi connectivity index (χ0v) is 19.5. The Morgan fingerprint density at radius 1 is 1.06 bits per heavy atom. The predicted molar refractivity (Wildman–Crippen MR) is 129 cm³/mol. The number of rotatable bonds is 7. The lowest BCUT2D eigenvalue weighted by atomic mass is 10.2. The largest absolute Gasteiger partial charge is 0.337 e. The fourth-order valence-corrected chi connectivity index (χ4v) is 4.27. The fraction of sp³-hybridized carbons (Fsp3) is 0.190. The Morgan fingerprint density at radius 3 is 2.59 bits per heavy atom. The minimum atomic E-state index is -3.42. The minimum Gasteiger partial charge on any atom is -0.337 e. The Bertz CT molecular complexity index is 1420. The molecule has 0 bridgehead atoms. The van der Waals surface area contributed by atoms with Gasteiger partial charge in [-0.1, -0.05) is 12.1 Å². The molecular weight excluding hydrogens is 494 g/mol. The van der Waals surface area contributed by atoms with Gasteiger partial charge in [0.1, 0.15) is 5.82 Å². The van der Waals surface area contributed by atoms with E-state index < -0.39 is 10.0 Å². The number of nitrogens with zero attached hydrogens (tertiary/aromatic N) is 4. The summed E-state index contributed by atoms with van der Waals surface area (Å²) in [7, 11) is -3.42. The van der Waals surface area contributed by atoms with Gasteiger partial charge < -0.3 is 15.2 Å². The molecule has 0 spiro atoms. The summed E-state index contributed by atoms with van der Waals surface area (Å²) >= 11 is 3.45. The molecule has 1 saturated carbocycles. The van der Waals surface area contributed by atoms with Gasteiger partial charge in [0.2, 0.25) is 16.0 Å². The number of fused-ring (bicyclic) bond motifs is 1. The van der Waals surface area contributed by atoms with Crippen molar-refractivity contribution in [3.63, 3.8) is 0 Å². The quantitative estimate of drug-likeness (QED) is 0.325. The van der Waals surface area contributed by atoms with Crippen molar-refractivity contribution in [1.82, 2.24) is 19.5 Å². The first kappa shape index (κ1) is 20.7. The molecule has 2 aromatic heterocycles. The Labute approximate surface area is 193 Å². The van der Waals surface area contributed by atoms with E-state index in [9.17, 15) is 8.42 Å². The van der Waals surface area contributed by atoms with E-state index in [0.29, 0.717) is 33.7 Å². The summed E-state index contributed by atoms with van der Waals surface area (Å²) < 4.78 is 28.7. The molecule has 3 N–H and O–H groups in total. The molecule has 32 heavy (non-hydrogen) atoms. The maximum absolute atomic E-state index is 11.7. The van der Waals surface area contributed by atoms with Crippen LogP contribution in [0.5, 0.6) is 0 Å². The van der Waals surface area contributed by atoms with Gasteiger partial charge in [-0.05, 0) is 59.1 Å². The maximum atomic E-state index is 11.7. The number of hydrogen-bond donors (Lipinski definition) is 3. The van der Waals surface area contributed by atoms with Crippen LogP contribution in [0.15, 0.2) is 59.5 Å². The Hall–Kier alpha value is -3.18. The summed E-state index contributed by atoms with van der Waals surface area (Å²) in [6.07, 6.45) is 7.01. The van der Waals surface area contributed by atoms with Gasteiger partial charge in [-0.15, -0.1) is 0 Å². The van der Waals surface area contributed by atoms with Crippen molar-refractivity contribution in [3.05, 3.63) is 59.5 Å². The lowest BCUT2D eigenvalue weighted by Crippen LogP contribution is -2.11. The van der Waals surface area contributed by atoms with Crippen molar-refractivity contribution in [2.24, 2.45) is 0 Å². The minimum absolute atomic E-state index is 0.404. The monoisotopic (exact) mass is 513 g/mol. The average Bonchev–Trinajstić information content (AvgIpc) is 3.50. The molecule has 164 valence electrons. The Kier molecular flexibility index (Phi) is 5.22. The maximum Gasteiger partial charge on any atom is 0.229 e. The van der Waals surface area contributed by atoms with E-state index in [1.165, 1.54) is 12.8 Å². The van der Waals surface area contributed by atoms with E-state index in [1.54, 1.807) is 24.4 Å². The molecule has 1 aliphatic rings. The SMILES string of the molecule is CS(=O)(=O)Nc1ccccc1Nc1nc(Nc2ccc3ncn(C4CC4)c3c2)ncc1Br. The summed E-state index contributed by atoms with van der Waals surface area (Å²) in [4.78, 5) is 13.4. The number of imidazole rings is 1. The molecule has 0 aliphatic heterocycles. The first-order valence-corrected chi connectivity index (χ1v) is 12.6. The topological polar surface area (TPSA) is 114 Å². The van der Waals surface area contributed by atoms with Crippen molar-refractivity contribution in [2.75, 3.05) is 21.6 Å². The van der Waals surface area contributed by atoms with E-state index >= 15 is 0 Å². The molecule has 5 rings (SSSR count). The second-order valence-electron chi connectivity index (χ2n) is 7.65. The lowest BCUT2D eigenvalue weighted by molar-refractivity contribution is 0.607. The fourth-order valence-electron chi connectivity index (χ4n) is 3.40. The van der Waals surface area contributed by atoms with Crippen LogP contribution in [0.4, 0.5) is 28.8 Å². The molecule has 4 aromatic rings. The summed E-state index contributed by atoms with van der Waals surface area (Å²) in [6.45, 7) is 0. The third-order valence-corrected chi connectivity index (χ3v) is 6.16. The van der Waals surface area contributed by atoms with Gasteiger partial charge in [0, 0.05) is 17.9 Å². The second kappa shape index (κ2) is 8.06. The van der Waals surface area contributed by atoms with Gasteiger partial charge in [-0.25, -0.2) is 18.4 Å². The number of aromatic nitrogens is 4.